The van der Waals surface area contributed by atoms with Crippen molar-refractivity contribution in [3.05, 3.63) is 41.0 Å². The average Bonchev–Trinajstić information content (AvgIpc) is 2.93. The largest absolute Gasteiger partial charge is 0.462 e. The van der Waals surface area contributed by atoms with E-state index in [1.165, 1.54) is 12.5 Å². The van der Waals surface area contributed by atoms with Crippen LogP contribution in [0.15, 0.2) is 28.1 Å². The van der Waals surface area contributed by atoms with E-state index in [1.54, 1.807) is 13.0 Å². The molecule has 0 spiro atoms. The van der Waals surface area contributed by atoms with E-state index in [1.807, 2.05) is 6.92 Å². The van der Waals surface area contributed by atoms with Crippen LogP contribution in [-0.4, -0.2) is 15.0 Å². The molecule has 0 bridgehead atoms. The van der Waals surface area contributed by atoms with Crippen molar-refractivity contribution in [3.63, 3.8) is 0 Å². The van der Waals surface area contributed by atoms with Crippen LogP contribution < -0.4 is 5.73 Å². The van der Waals surface area contributed by atoms with E-state index in [0.29, 0.717) is 23.0 Å². The SMILES string of the molecule is Cc1coc2cnc([C@@H](C)Sc3nc(N)c(C(F)(F)F)c(C(F)(F)F)n3)cc12. The van der Waals surface area contributed by atoms with Crippen molar-refractivity contribution in [3.8, 4) is 0 Å². The summed E-state index contributed by atoms with van der Waals surface area (Å²) < 4.78 is 83.5. The van der Waals surface area contributed by atoms with Crippen molar-refractivity contribution in [1.29, 1.82) is 0 Å². The number of aryl methyl sites for hydroxylation is 1. The molecule has 0 amide bonds. The number of nitrogens with zero attached hydrogens (tertiary/aromatic N) is 3. The maximum atomic E-state index is 13.1. The van der Waals surface area contributed by atoms with E-state index in [-0.39, 0.29) is 0 Å². The molecule has 0 saturated carbocycles. The Hall–Kier alpha value is -2.50. The lowest BCUT2D eigenvalue weighted by atomic mass is 10.2. The van der Waals surface area contributed by atoms with Gasteiger partial charge >= 0.3 is 12.4 Å². The van der Waals surface area contributed by atoms with Gasteiger partial charge < -0.3 is 10.2 Å². The minimum absolute atomic E-state index is 0.470. The molecule has 28 heavy (non-hydrogen) atoms. The first-order chi connectivity index (χ1) is 12.9. The summed E-state index contributed by atoms with van der Waals surface area (Å²) in [7, 11) is 0. The van der Waals surface area contributed by atoms with Crippen molar-refractivity contribution in [2.75, 3.05) is 5.73 Å². The highest BCUT2D eigenvalue weighted by atomic mass is 32.2. The smallest absolute Gasteiger partial charge is 0.434 e. The standard InChI is InChI=1S/C16H12F6N4OS/c1-6-5-27-10-4-24-9(3-8(6)10)7(2)28-14-25-12(16(20,21)22)11(13(23)26-14)15(17,18)19/h3-5,7H,1-2H3,(H2,23,25,26)/t7-/m1/s1. The van der Waals surface area contributed by atoms with Crippen LogP contribution in [0.4, 0.5) is 32.2 Å². The van der Waals surface area contributed by atoms with E-state index in [0.717, 1.165) is 10.9 Å². The number of pyridine rings is 1. The molecule has 0 radical (unpaired) electrons. The van der Waals surface area contributed by atoms with E-state index >= 15 is 0 Å². The van der Waals surface area contributed by atoms with Crippen LogP contribution >= 0.6 is 11.8 Å². The highest BCUT2D eigenvalue weighted by Crippen LogP contribution is 2.43. The third-order valence-electron chi connectivity index (χ3n) is 3.84. The van der Waals surface area contributed by atoms with Gasteiger partial charge in [-0.3, -0.25) is 4.98 Å². The lowest BCUT2D eigenvalue weighted by Gasteiger charge is -2.17. The Bertz CT molecular complexity index is 1030. The van der Waals surface area contributed by atoms with Crippen LogP contribution in [0.25, 0.3) is 11.0 Å². The molecule has 12 heteroatoms. The summed E-state index contributed by atoms with van der Waals surface area (Å²) in [6.07, 6.45) is -7.69. The van der Waals surface area contributed by atoms with Gasteiger partial charge in [0.2, 0.25) is 0 Å². The Morgan fingerprint density at radius 2 is 1.79 bits per heavy atom. The van der Waals surface area contributed by atoms with E-state index in [4.69, 9.17) is 10.2 Å². The molecule has 0 aromatic carbocycles. The third kappa shape index (κ3) is 3.86. The number of rotatable bonds is 3. The zero-order chi connectivity index (χ0) is 20.9. The van der Waals surface area contributed by atoms with Crippen molar-refractivity contribution in [2.45, 2.75) is 36.6 Å². The first-order valence-electron chi connectivity index (χ1n) is 7.70. The van der Waals surface area contributed by atoms with Gasteiger partial charge in [-0.05, 0) is 25.5 Å². The minimum atomic E-state index is -5.34. The van der Waals surface area contributed by atoms with Crippen LogP contribution in [0.1, 0.15) is 34.7 Å². The lowest BCUT2D eigenvalue weighted by molar-refractivity contribution is -0.164. The molecule has 1 atom stereocenters. The summed E-state index contributed by atoms with van der Waals surface area (Å²) >= 11 is 0.715. The fourth-order valence-electron chi connectivity index (χ4n) is 2.51. The van der Waals surface area contributed by atoms with Gasteiger partial charge in [0.05, 0.1) is 23.4 Å². The molecule has 150 valence electrons. The Kier molecular flexibility index (Phi) is 4.94. The number of nitrogen functional groups attached to an aromatic ring is 1. The van der Waals surface area contributed by atoms with Crippen LogP contribution in [0, 0.1) is 6.92 Å². The van der Waals surface area contributed by atoms with Gasteiger partial charge in [0, 0.05) is 5.39 Å². The second-order valence-electron chi connectivity index (χ2n) is 5.89. The van der Waals surface area contributed by atoms with Crippen LogP contribution in [0.3, 0.4) is 0 Å². The summed E-state index contributed by atoms with van der Waals surface area (Å²) in [6, 6.07) is 1.68. The predicted molar refractivity (Wildman–Crippen MR) is 89.5 cm³/mol. The number of nitrogens with two attached hydrogens (primary N) is 1. The van der Waals surface area contributed by atoms with E-state index in [2.05, 4.69) is 15.0 Å². The molecule has 2 N–H and O–H groups in total. The molecule has 0 aliphatic heterocycles. The topological polar surface area (TPSA) is 77.8 Å². The van der Waals surface area contributed by atoms with Gasteiger partial charge in [-0.2, -0.15) is 26.3 Å². The molecule has 0 aliphatic rings. The number of fused-ring (bicyclic) bond motifs is 1. The second kappa shape index (κ2) is 6.83. The van der Waals surface area contributed by atoms with Gasteiger partial charge in [-0.1, -0.05) is 11.8 Å². The summed E-state index contributed by atoms with van der Waals surface area (Å²) in [5, 5.41) is -0.326. The molecule has 3 aromatic heterocycles. The van der Waals surface area contributed by atoms with Crippen molar-refractivity contribution in [2.24, 2.45) is 0 Å². The second-order valence-corrected chi connectivity index (χ2v) is 7.20. The van der Waals surface area contributed by atoms with Gasteiger partial charge in [0.25, 0.3) is 0 Å². The number of hydrogen-bond donors (Lipinski definition) is 1. The van der Waals surface area contributed by atoms with Gasteiger partial charge in [0.1, 0.15) is 11.4 Å². The zero-order valence-electron chi connectivity index (χ0n) is 14.3. The molecule has 3 rings (SSSR count). The Morgan fingerprint density at radius 1 is 1.11 bits per heavy atom. The average molecular weight is 422 g/mol. The molecular weight excluding hydrogens is 410 g/mol. The first-order valence-corrected chi connectivity index (χ1v) is 8.58. The fourth-order valence-corrected chi connectivity index (χ4v) is 3.37. The van der Waals surface area contributed by atoms with Gasteiger partial charge in [0.15, 0.2) is 16.4 Å². The summed E-state index contributed by atoms with van der Waals surface area (Å²) in [5.74, 6) is -1.28. The number of anilines is 1. The molecular formula is C16H12F6N4OS. The first kappa shape index (κ1) is 20.2. The Labute approximate surface area is 158 Å². The van der Waals surface area contributed by atoms with Crippen molar-refractivity contribution < 1.29 is 30.8 Å². The molecule has 0 aliphatic carbocycles. The maximum Gasteiger partial charge on any atom is 0.434 e. The van der Waals surface area contributed by atoms with E-state index < -0.39 is 39.8 Å². The monoisotopic (exact) mass is 422 g/mol. The number of aromatic nitrogens is 3. The molecule has 3 heterocycles. The zero-order valence-corrected chi connectivity index (χ0v) is 15.1. The number of thioether (sulfide) groups is 1. The lowest BCUT2D eigenvalue weighted by Crippen LogP contribution is -2.22. The number of halogens is 6. The Morgan fingerprint density at radius 3 is 2.39 bits per heavy atom. The van der Waals surface area contributed by atoms with Crippen molar-refractivity contribution in [1.82, 2.24) is 15.0 Å². The number of alkyl halides is 6. The summed E-state index contributed by atoms with van der Waals surface area (Å²) in [6.45, 7) is 3.42. The Balaban J connectivity index is 1.99. The summed E-state index contributed by atoms with van der Waals surface area (Å²) in [4.78, 5) is 10.7. The van der Waals surface area contributed by atoms with Crippen LogP contribution in [0.5, 0.6) is 0 Å². The van der Waals surface area contributed by atoms with Crippen LogP contribution in [0.2, 0.25) is 0 Å². The molecule has 0 unspecified atom stereocenters. The fraction of sp³-hybridized carbons (Fsp3) is 0.312. The highest BCUT2D eigenvalue weighted by Gasteiger charge is 2.47. The van der Waals surface area contributed by atoms with Crippen molar-refractivity contribution >= 4 is 28.5 Å². The molecule has 3 aromatic rings. The normalized spacial score (nSPS) is 13.9. The highest BCUT2D eigenvalue weighted by molar-refractivity contribution is 7.99. The molecule has 0 saturated heterocycles. The van der Waals surface area contributed by atoms with Gasteiger partial charge in [-0.25, -0.2) is 9.97 Å². The third-order valence-corrected chi connectivity index (χ3v) is 4.83. The van der Waals surface area contributed by atoms with E-state index in [9.17, 15) is 26.3 Å². The predicted octanol–water partition coefficient (Wildman–Crippen LogP) is 5.40. The number of hydrogen-bond acceptors (Lipinski definition) is 6. The maximum absolute atomic E-state index is 13.1. The molecule has 0 fully saturated rings. The molecule has 5 nitrogen and oxygen atoms in total. The van der Waals surface area contributed by atoms with Gasteiger partial charge in [-0.15, -0.1) is 0 Å². The quantitative estimate of drug-likeness (QED) is 0.346. The summed E-state index contributed by atoms with van der Waals surface area (Å²) in [5.41, 5.74) is 2.82. The van der Waals surface area contributed by atoms with Crippen LogP contribution in [-0.2, 0) is 12.4 Å². The minimum Gasteiger partial charge on any atom is -0.462 e. The number of furan rings is 1.